The monoisotopic (exact) mass is 252 g/mol. The first-order chi connectivity index (χ1) is 7.84. The second kappa shape index (κ2) is 6.34. The number of hydrogen-bond acceptors (Lipinski definition) is 2. The summed E-state index contributed by atoms with van der Waals surface area (Å²) in [5.74, 6) is -1.15. The van der Waals surface area contributed by atoms with Gasteiger partial charge < -0.3 is 9.90 Å². The minimum Gasteiger partial charge on any atom is -0.381 e. The fourth-order valence-electron chi connectivity index (χ4n) is 1.03. The molecule has 2 nitrogen and oxygen atoms in total. The number of halogens is 4. The molecule has 1 atom stereocenters. The highest BCUT2D eigenvalue weighted by molar-refractivity contribution is 5.59. The van der Waals surface area contributed by atoms with E-state index in [-0.39, 0.29) is 6.29 Å². The first-order valence-corrected chi connectivity index (χ1v) is 4.85. The number of alkyl halides is 3. The summed E-state index contributed by atoms with van der Waals surface area (Å²) in [6.07, 6.45) is -6.43. The standard InChI is InChI=1S/C9H6F4O2.C2H6/c10-7-2-5(8(15)4-14)1-6(3-7)9(11,12)13;1-2/h1-4,8,15H;1-2H3. The molecule has 0 aliphatic carbocycles. The van der Waals surface area contributed by atoms with Gasteiger partial charge in [0, 0.05) is 0 Å². The Morgan fingerprint density at radius 3 is 2.18 bits per heavy atom. The molecule has 0 fully saturated rings. The molecule has 0 bridgehead atoms. The molecule has 1 aromatic rings. The van der Waals surface area contributed by atoms with Crippen LogP contribution in [0.1, 0.15) is 31.1 Å². The number of carbonyl (C=O) groups excluding carboxylic acids is 1. The third-order valence-corrected chi connectivity index (χ3v) is 1.72. The SMILES string of the molecule is CC.O=CC(O)c1cc(F)cc(C(F)(F)F)c1. The first-order valence-electron chi connectivity index (χ1n) is 4.85. The summed E-state index contributed by atoms with van der Waals surface area (Å²) in [4.78, 5) is 10.1. The average Bonchev–Trinajstić information content (AvgIpc) is 2.28. The molecule has 0 heterocycles. The topological polar surface area (TPSA) is 37.3 Å². The van der Waals surface area contributed by atoms with Crippen LogP contribution in [-0.4, -0.2) is 11.4 Å². The summed E-state index contributed by atoms with van der Waals surface area (Å²) in [7, 11) is 0. The lowest BCUT2D eigenvalue weighted by Gasteiger charge is -2.10. The van der Waals surface area contributed by atoms with Crippen molar-refractivity contribution in [1.82, 2.24) is 0 Å². The molecular formula is C11H12F4O2. The molecule has 0 aromatic heterocycles. The Morgan fingerprint density at radius 2 is 1.76 bits per heavy atom. The average molecular weight is 252 g/mol. The van der Waals surface area contributed by atoms with Gasteiger partial charge in [-0.05, 0) is 23.8 Å². The second-order valence-corrected chi connectivity index (χ2v) is 2.85. The number of hydrogen-bond donors (Lipinski definition) is 1. The predicted octanol–water partition coefficient (Wildman–Crippen LogP) is 3.10. The second-order valence-electron chi connectivity index (χ2n) is 2.85. The molecule has 1 aromatic carbocycles. The van der Waals surface area contributed by atoms with E-state index in [0.717, 1.165) is 0 Å². The van der Waals surface area contributed by atoms with E-state index >= 15 is 0 Å². The lowest BCUT2D eigenvalue weighted by atomic mass is 10.1. The van der Waals surface area contributed by atoms with Crippen LogP contribution < -0.4 is 0 Å². The number of rotatable bonds is 2. The first kappa shape index (κ1) is 15.6. The Kier molecular flexibility index (Phi) is 5.81. The van der Waals surface area contributed by atoms with Gasteiger partial charge >= 0.3 is 6.18 Å². The number of benzene rings is 1. The summed E-state index contributed by atoms with van der Waals surface area (Å²) in [5.41, 5.74) is -1.66. The van der Waals surface area contributed by atoms with E-state index in [0.29, 0.717) is 18.2 Å². The van der Waals surface area contributed by atoms with Gasteiger partial charge in [-0.15, -0.1) is 0 Å². The van der Waals surface area contributed by atoms with Crippen LogP contribution in [0.5, 0.6) is 0 Å². The maximum absolute atomic E-state index is 12.7. The van der Waals surface area contributed by atoms with Gasteiger partial charge in [0.15, 0.2) is 6.29 Å². The van der Waals surface area contributed by atoms with Crippen molar-refractivity contribution in [2.45, 2.75) is 26.1 Å². The van der Waals surface area contributed by atoms with Gasteiger partial charge in [0.25, 0.3) is 0 Å². The maximum Gasteiger partial charge on any atom is 0.416 e. The summed E-state index contributed by atoms with van der Waals surface area (Å²) in [5, 5.41) is 8.94. The molecule has 1 unspecified atom stereocenters. The summed E-state index contributed by atoms with van der Waals surface area (Å²) in [6, 6.07) is 1.50. The van der Waals surface area contributed by atoms with Crippen LogP contribution >= 0.6 is 0 Å². The molecule has 6 heteroatoms. The molecule has 0 spiro atoms. The van der Waals surface area contributed by atoms with Crippen LogP contribution in [-0.2, 0) is 11.0 Å². The zero-order valence-electron chi connectivity index (χ0n) is 9.25. The van der Waals surface area contributed by atoms with Crippen LogP contribution in [0, 0.1) is 5.82 Å². The van der Waals surface area contributed by atoms with Crippen LogP contribution in [0.3, 0.4) is 0 Å². The highest BCUT2D eigenvalue weighted by atomic mass is 19.4. The predicted molar refractivity (Wildman–Crippen MR) is 53.8 cm³/mol. The Bertz CT molecular complexity index is 374. The van der Waals surface area contributed by atoms with E-state index in [4.69, 9.17) is 5.11 Å². The molecule has 96 valence electrons. The largest absolute Gasteiger partial charge is 0.416 e. The fraction of sp³-hybridized carbons (Fsp3) is 0.364. The molecule has 0 saturated carbocycles. The number of aldehydes is 1. The van der Waals surface area contributed by atoms with Crippen LogP contribution in [0.2, 0.25) is 0 Å². The molecular weight excluding hydrogens is 240 g/mol. The molecule has 0 radical (unpaired) electrons. The molecule has 0 amide bonds. The lowest BCUT2D eigenvalue weighted by molar-refractivity contribution is -0.138. The summed E-state index contributed by atoms with van der Waals surface area (Å²) < 4.78 is 49.3. The van der Waals surface area contributed by atoms with Crippen molar-refractivity contribution in [2.24, 2.45) is 0 Å². The van der Waals surface area contributed by atoms with E-state index in [1.165, 1.54) is 0 Å². The van der Waals surface area contributed by atoms with Crippen molar-refractivity contribution in [3.8, 4) is 0 Å². The third-order valence-electron chi connectivity index (χ3n) is 1.72. The molecule has 0 saturated heterocycles. The third kappa shape index (κ3) is 4.52. The zero-order chi connectivity index (χ0) is 13.6. The minimum atomic E-state index is -4.71. The van der Waals surface area contributed by atoms with Crippen molar-refractivity contribution in [3.63, 3.8) is 0 Å². The van der Waals surface area contributed by atoms with Crippen molar-refractivity contribution in [2.75, 3.05) is 0 Å². The quantitative estimate of drug-likeness (QED) is 0.648. The maximum atomic E-state index is 12.7. The van der Waals surface area contributed by atoms with Gasteiger partial charge in [-0.25, -0.2) is 4.39 Å². The molecule has 0 aliphatic rings. The molecule has 0 aliphatic heterocycles. The number of aliphatic hydroxyl groups excluding tert-OH is 1. The zero-order valence-corrected chi connectivity index (χ0v) is 9.25. The highest BCUT2D eigenvalue weighted by Crippen LogP contribution is 2.31. The Morgan fingerprint density at radius 1 is 1.24 bits per heavy atom. The van der Waals surface area contributed by atoms with E-state index < -0.39 is 29.2 Å². The van der Waals surface area contributed by atoms with E-state index in [9.17, 15) is 22.4 Å². The minimum absolute atomic E-state index is 0.0227. The smallest absolute Gasteiger partial charge is 0.381 e. The Hall–Kier alpha value is -1.43. The number of carbonyl (C=O) groups is 1. The highest BCUT2D eigenvalue weighted by Gasteiger charge is 2.31. The van der Waals surface area contributed by atoms with Crippen molar-refractivity contribution in [1.29, 1.82) is 0 Å². The normalized spacial score (nSPS) is 12.4. The van der Waals surface area contributed by atoms with Crippen LogP contribution in [0.4, 0.5) is 17.6 Å². The lowest BCUT2D eigenvalue weighted by Crippen LogP contribution is -2.08. The van der Waals surface area contributed by atoms with E-state index in [1.807, 2.05) is 13.8 Å². The van der Waals surface area contributed by atoms with Crippen molar-refractivity contribution < 1.29 is 27.5 Å². The van der Waals surface area contributed by atoms with Crippen molar-refractivity contribution >= 4 is 6.29 Å². The van der Waals surface area contributed by atoms with Gasteiger partial charge in [-0.2, -0.15) is 13.2 Å². The molecule has 1 N–H and O–H groups in total. The van der Waals surface area contributed by atoms with E-state index in [2.05, 4.69) is 0 Å². The Labute approximate surface area is 95.9 Å². The summed E-state index contributed by atoms with van der Waals surface area (Å²) in [6.45, 7) is 4.00. The van der Waals surface area contributed by atoms with Gasteiger partial charge in [-0.1, -0.05) is 13.8 Å². The molecule has 1 rings (SSSR count). The fourth-order valence-corrected chi connectivity index (χ4v) is 1.03. The molecule has 17 heavy (non-hydrogen) atoms. The van der Waals surface area contributed by atoms with Gasteiger partial charge in [0.1, 0.15) is 11.9 Å². The van der Waals surface area contributed by atoms with Crippen LogP contribution in [0.15, 0.2) is 18.2 Å². The number of aliphatic hydroxyl groups is 1. The summed E-state index contributed by atoms with van der Waals surface area (Å²) >= 11 is 0. The van der Waals surface area contributed by atoms with Crippen LogP contribution in [0.25, 0.3) is 0 Å². The van der Waals surface area contributed by atoms with E-state index in [1.54, 1.807) is 0 Å². The van der Waals surface area contributed by atoms with Gasteiger partial charge in [0.2, 0.25) is 0 Å². The van der Waals surface area contributed by atoms with Crippen molar-refractivity contribution in [3.05, 3.63) is 35.1 Å². The van der Waals surface area contributed by atoms with Gasteiger partial charge in [-0.3, -0.25) is 0 Å². The van der Waals surface area contributed by atoms with Gasteiger partial charge in [0.05, 0.1) is 5.56 Å². The Balaban J connectivity index is 0.00000121.